The molecule has 27 heavy (non-hydrogen) atoms. The van der Waals surface area contributed by atoms with Gasteiger partial charge < -0.3 is 4.98 Å². The number of aromatic amines is 1. The molecule has 0 saturated heterocycles. The smallest absolute Gasteiger partial charge is 0.359 e. The first-order valence-corrected chi connectivity index (χ1v) is 9.00. The van der Waals surface area contributed by atoms with Gasteiger partial charge in [-0.3, -0.25) is 4.72 Å². The molecule has 0 aliphatic heterocycles. The lowest BCUT2D eigenvalue weighted by atomic mass is 10.1. The van der Waals surface area contributed by atoms with Crippen molar-refractivity contribution in [1.29, 1.82) is 0 Å². The van der Waals surface area contributed by atoms with Crippen LogP contribution in [-0.4, -0.2) is 18.4 Å². The molecule has 3 rings (SSSR count). The predicted octanol–water partition coefficient (Wildman–Crippen LogP) is 4.62. The fraction of sp³-hybridized carbons (Fsp3) is 0.133. The molecule has 0 amide bonds. The van der Waals surface area contributed by atoms with Crippen LogP contribution in [0.1, 0.15) is 11.1 Å². The number of pyridine rings is 1. The van der Waals surface area contributed by atoms with Gasteiger partial charge in [0, 0.05) is 17.1 Å². The van der Waals surface area contributed by atoms with Crippen molar-refractivity contribution >= 4 is 38.3 Å². The summed E-state index contributed by atoms with van der Waals surface area (Å²) in [4.78, 5) is 4.78. The van der Waals surface area contributed by atoms with Crippen LogP contribution < -0.4 is 4.72 Å². The summed E-state index contributed by atoms with van der Waals surface area (Å²) >= 11 is 5.59. The van der Waals surface area contributed by atoms with Crippen LogP contribution in [0.25, 0.3) is 10.9 Å². The van der Waals surface area contributed by atoms with E-state index < -0.39 is 54.8 Å². The predicted molar refractivity (Wildman–Crippen MR) is 88.0 cm³/mol. The third kappa shape index (κ3) is 3.44. The van der Waals surface area contributed by atoms with Crippen LogP contribution in [0.15, 0.2) is 29.3 Å². The Morgan fingerprint density at radius 2 is 1.89 bits per heavy atom. The van der Waals surface area contributed by atoms with Crippen molar-refractivity contribution in [3.8, 4) is 0 Å². The summed E-state index contributed by atoms with van der Waals surface area (Å²) < 4.78 is 93.7. The van der Waals surface area contributed by atoms with Gasteiger partial charge in [-0.25, -0.2) is 12.8 Å². The number of hydrogen-bond donors (Lipinski definition) is 2. The Balaban J connectivity index is 2.14. The van der Waals surface area contributed by atoms with E-state index >= 15 is 0 Å². The summed E-state index contributed by atoms with van der Waals surface area (Å²) in [5.41, 5.74) is -1.94. The zero-order valence-electron chi connectivity index (χ0n) is 13.2. The first-order chi connectivity index (χ1) is 12.4. The van der Waals surface area contributed by atoms with Crippen molar-refractivity contribution in [3.05, 3.63) is 52.3 Å². The number of halogens is 6. The van der Waals surface area contributed by atoms with Crippen LogP contribution in [0, 0.1) is 18.7 Å². The number of aromatic nitrogens is 2. The lowest BCUT2D eigenvalue weighted by Gasteiger charge is -2.11. The molecule has 2 N–H and O–H groups in total. The highest BCUT2D eigenvalue weighted by Crippen LogP contribution is 2.40. The molecule has 1 aromatic carbocycles. The average molecular weight is 426 g/mol. The van der Waals surface area contributed by atoms with Gasteiger partial charge in [0.1, 0.15) is 4.90 Å². The number of fused-ring (bicyclic) bond motifs is 1. The van der Waals surface area contributed by atoms with E-state index in [1.807, 2.05) is 0 Å². The summed E-state index contributed by atoms with van der Waals surface area (Å²) in [6.07, 6.45) is -4.05. The standard InChI is InChI=1S/C15H9ClF5N3O2S/c1-6-4-9(17)14(23-13(6)18)24-27(25,26)10-5-22-12-7(10)2-3-8(16)11(12)15(19,20)21/h2-5,22H,1H3,(H,23,24). The minimum absolute atomic E-state index is 0.146. The Labute approximate surface area is 154 Å². The summed E-state index contributed by atoms with van der Waals surface area (Å²) in [6.45, 7) is 1.23. The second-order valence-corrected chi connectivity index (χ2v) is 7.59. The molecular weight excluding hydrogens is 417 g/mol. The van der Waals surface area contributed by atoms with Gasteiger partial charge >= 0.3 is 6.18 Å². The molecule has 0 spiro atoms. The number of anilines is 1. The molecule has 3 aromatic rings. The molecule has 0 radical (unpaired) electrons. The highest BCUT2D eigenvalue weighted by Gasteiger charge is 2.37. The Morgan fingerprint density at radius 3 is 2.52 bits per heavy atom. The topological polar surface area (TPSA) is 74.8 Å². The Bertz CT molecular complexity index is 1160. The van der Waals surface area contributed by atoms with Crippen molar-refractivity contribution in [3.63, 3.8) is 0 Å². The summed E-state index contributed by atoms with van der Waals surface area (Å²) in [5.74, 6) is -3.16. The van der Waals surface area contributed by atoms with Crippen molar-refractivity contribution in [2.24, 2.45) is 0 Å². The quantitative estimate of drug-likeness (QED) is 0.475. The third-order valence-electron chi connectivity index (χ3n) is 3.68. The average Bonchev–Trinajstić information content (AvgIpc) is 2.95. The van der Waals surface area contributed by atoms with Crippen LogP contribution in [-0.2, 0) is 16.2 Å². The molecule has 0 fully saturated rings. The van der Waals surface area contributed by atoms with Crippen molar-refractivity contribution < 1.29 is 30.4 Å². The second-order valence-electron chi connectivity index (χ2n) is 5.53. The van der Waals surface area contributed by atoms with Gasteiger partial charge in [-0.05, 0) is 25.1 Å². The van der Waals surface area contributed by atoms with Crippen molar-refractivity contribution in [2.45, 2.75) is 18.0 Å². The number of rotatable bonds is 3. The number of benzene rings is 1. The summed E-state index contributed by atoms with van der Waals surface area (Å²) in [6, 6.07) is 2.69. The van der Waals surface area contributed by atoms with E-state index in [-0.39, 0.29) is 10.9 Å². The van der Waals surface area contributed by atoms with Gasteiger partial charge in [0.2, 0.25) is 5.95 Å². The lowest BCUT2D eigenvalue weighted by Crippen LogP contribution is -2.15. The largest absolute Gasteiger partial charge is 0.419 e. The van der Waals surface area contributed by atoms with Crippen molar-refractivity contribution in [1.82, 2.24) is 9.97 Å². The molecule has 2 aromatic heterocycles. The Kier molecular flexibility index (Phi) is 4.55. The van der Waals surface area contributed by atoms with Gasteiger partial charge in [-0.15, -0.1) is 0 Å². The Morgan fingerprint density at radius 1 is 1.22 bits per heavy atom. The minimum atomic E-state index is -4.84. The third-order valence-corrected chi connectivity index (χ3v) is 5.37. The minimum Gasteiger partial charge on any atom is -0.359 e. The zero-order valence-corrected chi connectivity index (χ0v) is 14.8. The van der Waals surface area contributed by atoms with E-state index in [0.29, 0.717) is 0 Å². The van der Waals surface area contributed by atoms with Crippen molar-refractivity contribution in [2.75, 3.05) is 4.72 Å². The van der Waals surface area contributed by atoms with E-state index in [4.69, 9.17) is 11.6 Å². The van der Waals surface area contributed by atoms with Gasteiger partial charge in [-0.1, -0.05) is 11.6 Å². The molecular formula is C15H9ClF5N3O2S. The first-order valence-electron chi connectivity index (χ1n) is 7.14. The molecule has 0 unspecified atom stereocenters. The summed E-state index contributed by atoms with van der Waals surface area (Å²) in [5, 5.41) is -0.950. The first kappa shape index (κ1) is 19.4. The van der Waals surface area contributed by atoms with Crippen LogP contribution in [0.5, 0.6) is 0 Å². The number of nitrogens with zero attached hydrogens (tertiary/aromatic N) is 1. The maximum absolute atomic E-state index is 13.9. The van der Waals surface area contributed by atoms with E-state index in [2.05, 4.69) is 9.97 Å². The van der Waals surface area contributed by atoms with Crippen LogP contribution in [0.4, 0.5) is 27.8 Å². The molecule has 0 saturated carbocycles. The second kappa shape index (κ2) is 6.34. The number of sulfonamides is 1. The highest BCUT2D eigenvalue weighted by molar-refractivity contribution is 7.93. The lowest BCUT2D eigenvalue weighted by molar-refractivity contribution is -0.136. The van der Waals surface area contributed by atoms with Gasteiger partial charge in [0.15, 0.2) is 11.6 Å². The number of H-pyrrole nitrogens is 1. The number of nitrogens with one attached hydrogen (secondary N) is 2. The van der Waals surface area contributed by atoms with E-state index in [1.54, 1.807) is 4.72 Å². The SMILES string of the molecule is Cc1cc(F)c(NS(=O)(=O)c2c[nH]c3c(C(F)(F)F)c(Cl)ccc23)nc1F. The molecule has 0 atom stereocenters. The molecule has 5 nitrogen and oxygen atoms in total. The maximum atomic E-state index is 13.9. The van der Waals surface area contributed by atoms with Gasteiger partial charge in [0.05, 0.1) is 16.1 Å². The summed E-state index contributed by atoms with van der Waals surface area (Å²) in [7, 11) is -4.58. The maximum Gasteiger partial charge on any atom is 0.419 e. The number of hydrogen-bond acceptors (Lipinski definition) is 3. The van der Waals surface area contributed by atoms with Crippen LogP contribution in [0.2, 0.25) is 5.02 Å². The van der Waals surface area contributed by atoms with Crippen LogP contribution >= 0.6 is 11.6 Å². The number of alkyl halides is 3. The highest BCUT2D eigenvalue weighted by atomic mass is 35.5. The molecule has 0 bridgehead atoms. The monoisotopic (exact) mass is 425 g/mol. The molecule has 0 aliphatic carbocycles. The molecule has 0 aliphatic rings. The van der Waals surface area contributed by atoms with Crippen LogP contribution in [0.3, 0.4) is 0 Å². The molecule has 12 heteroatoms. The van der Waals surface area contributed by atoms with E-state index in [9.17, 15) is 30.4 Å². The molecule has 2 heterocycles. The fourth-order valence-electron chi connectivity index (χ4n) is 2.46. The Hall–Kier alpha value is -2.40. The number of aryl methyl sites for hydroxylation is 1. The van der Waals surface area contributed by atoms with E-state index in [1.165, 1.54) is 6.92 Å². The zero-order chi connectivity index (χ0) is 20.1. The molecule has 144 valence electrons. The fourth-order valence-corrected chi connectivity index (χ4v) is 3.90. The van der Waals surface area contributed by atoms with Gasteiger partial charge in [0.25, 0.3) is 10.0 Å². The normalized spacial score (nSPS) is 12.6. The van der Waals surface area contributed by atoms with E-state index in [0.717, 1.165) is 24.4 Å². The van der Waals surface area contributed by atoms with Gasteiger partial charge in [-0.2, -0.15) is 22.5 Å².